The van der Waals surface area contributed by atoms with Crippen LogP contribution in [0.3, 0.4) is 0 Å². The lowest BCUT2D eigenvalue weighted by Gasteiger charge is -2.08. The van der Waals surface area contributed by atoms with Gasteiger partial charge in [0.15, 0.2) is 0 Å². The minimum Gasteiger partial charge on any atom is -0.323 e. The van der Waals surface area contributed by atoms with Gasteiger partial charge in [-0.1, -0.05) is 34.1 Å². The van der Waals surface area contributed by atoms with Crippen molar-refractivity contribution in [3.63, 3.8) is 0 Å². The zero-order chi connectivity index (χ0) is 8.97. The van der Waals surface area contributed by atoms with Crippen molar-refractivity contribution in [3.8, 4) is 6.07 Å². The first-order chi connectivity index (χ1) is 5.75. The SMILES string of the molecule is Cl.N#CC[C@@H](N)c1ccccc1Br. The van der Waals surface area contributed by atoms with Gasteiger partial charge in [0.2, 0.25) is 0 Å². The molecule has 2 nitrogen and oxygen atoms in total. The largest absolute Gasteiger partial charge is 0.323 e. The highest BCUT2D eigenvalue weighted by molar-refractivity contribution is 9.10. The van der Waals surface area contributed by atoms with Gasteiger partial charge in [0.25, 0.3) is 0 Å². The second-order valence-electron chi connectivity index (χ2n) is 2.49. The fourth-order valence-corrected chi connectivity index (χ4v) is 1.56. The molecule has 0 unspecified atom stereocenters. The Labute approximate surface area is 92.3 Å². The molecule has 2 N–H and O–H groups in total. The zero-order valence-electron chi connectivity index (χ0n) is 6.90. The number of nitrogens with two attached hydrogens (primary N) is 1. The Morgan fingerprint density at radius 3 is 2.62 bits per heavy atom. The number of nitriles is 1. The van der Waals surface area contributed by atoms with Crippen LogP contribution in [-0.4, -0.2) is 0 Å². The minimum atomic E-state index is -0.189. The molecule has 0 radical (unpaired) electrons. The minimum absolute atomic E-state index is 0. The number of benzene rings is 1. The smallest absolute Gasteiger partial charge is 0.0641 e. The van der Waals surface area contributed by atoms with Crippen LogP contribution in [0.4, 0.5) is 0 Å². The quantitative estimate of drug-likeness (QED) is 0.890. The number of hydrogen-bond acceptors (Lipinski definition) is 2. The lowest BCUT2D eigenvalue weighted by molar-refractivity contribution is 0.745. The Hall–Kier alpha value is -0.560. The van der Waals surface area contributed by atoms with E-state index in [9.17, 15) is 0 Å². The van der Waals surface area contributed by atoms with Gasteiger partial charge in [-0.2, -0.15) is 5.26 Å². The fraction of sp³-hybridized carbons (Fsp3) is 0.222. The summed E-state index contributed by atoms with van der Waals surface area (Å²) in [6.07, 6.45) is 0.350. The van der Waals surface area contributed by atoms with Crippen LogP contribution in [0, 0.1) is 11.3 Å². The topological polar surface area (TPSA) is 49.8 Å². The fourth-order valence-electron chi connectivity index (χ4n) is 0.984. The molecule has 0 aromatic heterocycles. The highest BCUT2D eigenvalue weighted by atomic mass is 79.9. The summed E-state index contributed by atoms with van der Waals surface area (Å²) in [6.45, 7) is 0. The van der Waals surface area contributed by atoms with Crippen molar-refractivity contribution in [2.75, 3.05) is 0 Å². The van der Waals surface area contributed by atoms with E-state index in [0.29, 0.717) is 6.42 Å². The first-order valence-corrected chi connectivity index (χ1v) is 4.42. The average Bonchev–Trinajstić information content (AvgIpc) is 2.05. The Morgan fingerprint density at radius 2 is 2.08 bits per heavy atom. The summed E-state index contributed by atoms with van der Waals surface area (Å²) in [7, 11) is 0. The second-order valence-corrected chi connectivity index (χ2v) is 3.34. The van der Waals surface area contributed by atoms with Gasteiger partial charge in [0, 0.05) is 10.5 Å². The third-order valence-corrected chi connectivity index (χ3v) is 2.34. The van der Waals surface area contributed by atoms with Crippen molar-refractivity contribution < 1.29 is 0 Å². The molecule has 0 saturated heterocycles. The van der Waals surface area contributed by atoms with Crippen molar-refractivity contribution >= 4 is 28.3 Å². The molecule has 0 amide bonds. The van der Waals surface area contributed by atoms with Crippen molar-refractivity contribution in [2.45, 2.75) is 12.5 Å². The van der Waals surface area contributed by atoms with Gasteiger partial charge < -0.3 is 5.73 Å². The predicted molar refractivity (Wildman–Crippen MR) is 58.5 cm³/mol. The summed E-state index contributed by atoms with van der Waals surface area (Å²) in [6, 6.07) is 9.54. The molecule has 1 atom stereocenters. The van der Waals surface area contributed by atoms with E-state index < -0.39 is 0 Å². The van der Waals surface area contributed by atoms with Gasteiger partial charge in [0.1, 0.15) is 0 Å². The molecule has 70 valence electrons. The number of nitrogens with zero attached hydrogens (tertiary/aromatic N) is 1. The van der Waals surface area contributed by atoms with Crippen LogP contribution in [0.1, 0.15) is 18.0 Å². The highest BCUT2D eigenvalue weighted by Gasteiger charge is 2.07. The Balaban J connectivity index is 0.00000144. The molecule has 1 aromatic carbocycles. The maximum absolute atomic E-state index is 8.44. The van der Waals surface area contributed by atoms with E-state index in [4.69, 9.17) is 11.0 Å². The normalized spacial score (nSPS) is 11.2. The van der Waals surface area contributed by atoms with E-state index in [-0.39, 0.29) is 18.4 Å². The molecule has 1 aromatic rings. The summed E-state index contributed by atoms with van der Waals surface area (Å²) in [5.41, 5.74) is 6.74. The Morgan fingerprint density at radius 1 is 1.46 bits per heavy atom. The van der Waals surface area contributed by atoms with Crippen molar-refractivity contribution in [1.29, 1.82) is 5.26 Å². The zero-order valence-corrected chi connectivity index (χ0v) is 9.31. The molecule has 0 aliphatic carbocycles. The van der Waals surface area contributed by atoms with Gasteiger partial charge in [0.05, 0.1) is 12.5 Å². The van der Waals surface area contributed by atoms with Crippen LogP contribution in [0.5, 0.6) is 0 Å². The molecule has 13 heavy (non-hydrogen) atoms. The van der Waals surface area contributed by atoms with E-state index in [2.05, 4.69) is 15.9 Å². The number of rotatable bonds is 2. The number of halogens is 2. The Bertz CT molecular complexity index is 309. The molecular formula is C9H10BrClN2. The molecule has 4 heteroatoms. The maximum Gasteiger partial charge on any atom is 0.0641 e. The molecule has 0 saturated carbocycles. The number of hydrogen-bond donors (Lipinski definition) is 1. The summed E-state index contributed by atoms with van der Waals surface area (Å²) >= 11 is 3.38. The van der Waals surface area contributed by atoms with Crippen LogP contribution in [0.15, 0.2) is 28.7 Å². The second kappa shape index (κ2) is 5.98. The van der Waals surface area contributed by atoms with Crippen LogP contribution >= 0.6 is 28.3 Å². The molecule has 1 rings (SSSR count). The van der Waals surface area contributed by atoms with E-state index in [1.54, 1.807) is 0 Å². The Kier molecular flexibility index (Phi) is 5.72. The van der Waals surface area contributed by atoms with Crippen molar-refractivity contribution in [3.05, 3.63) is 34.3 Å². The van der Waals surface area contributed by atoms with Crippen LogP contribution in [0.2, 0.25) is 0 Å². The first kappa shape index (κ1) is 12.4. The monoisotopic (exact) mass is 260 g/mol. The van der Waals surface area contributed by atoms with Gasteiger partial charge in [-0.25, -0.2) is 0 Å². The maximum atomic E-state index is 8.44. The van der Waals surface area contributed by atoms with Gasteiger partial charge >= 0.3 is 0 Å². The lowest BCUT2D eigenvalue weighted by Crippen LogP contribution is -2.09. The van der Waals surface area contributed by atoms with Crippen LogP contribution < -0.4 is 5.73 Å². The van der Waals surface area contributed by atoms with E-state index in [0.717, 1.165) is 10.0 Å². The summed E-state index contributed by atoms with van der Waals surface area (Å²) in [4.78, 5) is 0. The molecule has 0 spiro atoms. The van der Waals surface area contributed by atoms with Crippen molar-refractivity contribution in [1.82, 2.24) is 0 Å². The van der Waals surface area contributed by atoms with Crippen molar-refractivity contribution in [2.24, 2.45) is 5.73 Å². The summed E-state index contributed by atoms with van der Waals surface area (Å²) < 4.78 is 0.966. The molecule has 0 fully saturated rings. The van der Waals surface area contributed by atoms with E-state index >= 15 is 0 Å². The first-order valence-electron chi connectivity index (χ1n) is 3.62. The highest BCUT2D eigenvalue weighted by Crippen LogP contribution is 2.22. The lowest BCUT2D eigenvalue weighted by atomic mass is 10.1. The molecule has 0 heterocycles. The average molecular weight is 262 g/mol. The van der Waals surface area contributed by atoms with Gasteiger partial charge in [-0.15, -0.1) is 12.4 Å². The molecule has 0 aliphatic rings. The third kappa shape index (κ3) is 3.35. The van der Waals surface area contributed by atoms with E-state index in [1.165, 1.54) is 0 Å². The van der Waals surface area contributed by atoms with Gasteiger partial charge in [-0.3, -0.25) is 0 Å². The predicted octanol–water partition coefficient (Wildman–Crippen LogP) is 2.78. The van der Waals surface area contributed by atoms with Crippen LogP contribution in [0.25, 0.3) is 0 Å². The van der Waals surface area contributed by atoms with Crippen LogP contribution in [-0.2, 0) is 0 Å². The van der Waals surface area contributed by atoms with Gasteiger partial charge in [-0.05, 0) is 11.6 Å². The third-order valence-electron chi connectivity index (χ3n) is 1.62. The standard InChI is InChI=1S/C9H9BrN2.ClH/c10-8-4-2-1-3-7(8)9(12)5-6-11;/h1-4,9H,5,12H2;1H/t9-;/m1./s1. The molecule has 0 bridgehead atoms. The molecular weight excluding hydrogens is 251 g/mol. The molecule has 0 aliphatic heterocycles. The van der Waals surface area contributed by atoms with E-state index in [1.807, 2.05) is 30.3 Å². The summed E-state index contributed by atoms with van der Waals surface area (Å²) in [5, 5.41) is 8.44. The summed E-state index contributed by atoms with van der Waals surface area (Å²) in [5.74, 6) is 0.